The smallest absolute Gasteiger partial charge is 0.339 e. The van der Waals surface area contributed by atoms with Gasteiger partial charge in [-0.15, -0.1) is 0 Å². The van der Waals surface area contributed by atoms with Gasteiger partial charge in [-0.1, -0.05) is 13.8 Å². The zero-order chi connectivity index (χ0) is 14.7. The van der Waals surface area contributed by atoms with Gasteiger partial charge in [-0.2, -0.15) is 5.10 Å². The largest absolute Gasteiger partial charge is 0.478 e. The van der Waals surface area contributed by atoms with Crippen LogP contribution in [0.1, 0.15) is 47.3 Å². The Morgan fingerprint density at radius 3 is 2.70 bits per heavy atom. The van der Waals surface area contributed by atoms with E-state index in [9.17, 15) is 4.79 Å². The minimum atomic E-state index is -1.00. The second-order valence-electron chi connectivity index (χ2n) is 4.70. The molecule has 0 saturated heterocycles. The lowest BCUT2D eigenvalue weighted by molar-refractivity contribution is 0.0694. The number of aryl methyl sites for hydroxylation is 1. The highest BCUT2D eigenvalue weighted by Gasteiger charge is 2.15. The lowest BCUT2D eigenvalue weighted by atomic mass is 10.1. The van der Waals surface area contributed by atoms with E-state index in [1.54, 1.807) is 17.0 Å². The van der Waals surface area contributed by atoms with E-state index in [0.717, 1.165) is 5.69 Å². The van der Waals surface area contributed by atoms with Crippen molar-refractivity contribution in [1.82, 2.24) is 19.7 Å². The van der Waals surface area contributed by atoms with Crippen molar-refractivity contribution in [3.05, 3.63) is 41.2 Å². The van der Waals surface area contributed by atoms with Crippen molar-refractivity contribution in [1.29, 1.82) is 0 Å². The Morgan fingerprint density at radius 2 is 2.15 bits per heavy atom. The molecular weight excluding hydrogens is 256 g/mol. The molecule has 2 heterocycles. The molecule has 0 spiro atoms. The molecule has 1 N–H and O–H groups in total. The third-order valence-electron chi connectivity index (χ3n) is 2.88. The van der Waals surface area contributed by atoms with E-state index in [0.29, 0.717) is 11.5 Å². The fraction of sp³-hybridized carbons (Fsp3) is 0.286. The van der Waals surface area contributed by atoms with Gasteiger partial charge in [0.1, 0.15) is 0 Å². The van der Waals surface area contributed by atoms with Gasteiger partial charge in [-0.3, -0.25) is 4.68 Å². The van der Waals surface area contributed by atoms with Gasteiger partial charge in [-0.25, -0.2) is 14.8 Å². The maximum atomic E-state index is 11.1. The molecule has 0 aromatic carbocycles. The van der Waals surface area contributed by atoms with Crippen molar-refractivity contribution in [3.8, 4) is 0 Å². The highest BCUT2D eigenvalue weighted by Crippen LogP contribution is 2.17. The predicted molar refractivity (Wildman–Crippen MR) is 75.2 cm³/mol. The minimum Gasteiger partial charge on any atom is -0.478 e. The number of aromatic nitrogens is 4. The van der Waals surface area contributed by atoms with Gasteiger partial charge >= 0.3 is 5.97 Å². The summed E-state index contributed by atoms with van der Waals surface area (Å²) in [7, 11) is 1.84. The number of nitrogens with zero attached hydrogens (tertiary/aromatic N) is 4. The van der Waals surface area contributed by atoms with E-state index in [-0.39, 0.29) is 11.5 Å². The fourth-order valence-electron chi connectivity index (χ4n) is 1.80. The van der Waals surface area contributed by atoms with Crippen LogP contribution >= 0.6 is 0 Å². The average Bonchev–Trinajstić information content (AvgIpc) is 2.81. The normalized spacial score (nSPS) is 11.4. The zero-order valence-electron chi connectivity index (χ0n) is 11.6. The van der Waals surface area contributed by atoms with E-state index in [1.165, 1.54) is 6.20 Å². The van der Waals surface area contributed by atoms with E-state index in [1.807, 2.05) is 33.0 Å². The Bertz CT molecular complexity index is 659. The molecule has 0 unspecified atom stereocenters. The van der Waals surface area contributed by atoms with Crippen LogP contribution in [0.3, 0.4) is 0 Å². The Hall–Kier alpha value is -2.50. The monoisotopic (exact) mass is 272 g/mol. The fourth-order valence-corrected chi connectivity index (χ4v) is 1.80. The second kappa shape index (κ2) is 5.64. The first-order valence-corrected chi connectivity index (χ1v) is 6.25. The van der Waals surface area contributed by atoms with Gasteiger partial charge in [0, 0.05) is 19.4 Å². The first-order chi connectivity index (χ1) is 9.49. The number of aromatic carboxylic acids is 1. The summed E-state index contributed by atoms with van der Waals surface area (Å²) in [6, 6.07) is 1.87. The average molecular weight is 272 g/mol. The van der Waals surface area contributed by atoms with Gasteiger partial charge in [-0.05, 0) is 24.1 Å². The molecule has 2 aromatic rings. The molecule has 2 rings (SSSR count). The molecule has 0 aliphatic rings. The third kappa shape index (κ3) is 2.90. The van der Waals surface area contributed by atoms with E-state index in [2.05, 4.69) is 15.1 Å². The molecular formula is C14H16N4O2. The molecule has 20 heavy (non-hydrogen) atoms. The topological polar surface area (TPSA) is 80.9 Å². The molecule has 0 amide bonds. The van der Waals surface area contributed by atoms with Crippen LogP contribution in [0.4, 0.5) is 0 Å². The van der Waals surface area contributed by atoms with Crippen LogP contribution in [0.25, 0.3) is 12.2 Å². The van der Waals surface area contributed by atoms with Gasteiger partial charge in [0.15, 0.2) is 5.82 Å². The third-order valence-corrected chi connectivity index (χ3v) is 2.88. The van der Waals surface area contributed by atoms with Crippen molar-refractivity contribution in [2.24, 2.45) is 7.05 Å². The second-order valence-corrected chi connectivity index (χ2v) is 4.70. The van der Waals surface area contributed by atoms with Crippen LogP contribution in [0.2, 0.25) is 0 Å². The maximum Gasteiger partial charge on any atom is 0.339 e. The lowest BCUT2D eigenvalue weighted by Crippen LogP contribution is -2.08. The number of hydrogen-bond acceptors (Lipinski definition) is 4. The summed E-state index contributed by atoms with van der Waals surface area (Å²) < 4.78 is 1.73. The van der Waals surface area contributed by atoms with Crippen molar-refractivity contribution in [3.63, 3.8) is 0 Å². The van der Waals surface area contributed by atoms with Gasteiger partial charge in [0.2, 0.25) is 0 Å². The van der Waals surface area contributed by atoms with Crippen LogP contribution in [0, 0.1) is 0 Å². The minimum absolute atomic E-state index is 0.0213. The van der Waals surface area contributed by atoms with Crippen LogP contribution in [0.15, 0.2) is 18.5 Å². The van der Waals surface area contributed by atoms with Gasteiger partial charge in [0.25, 0.3) is 0 Å². The molecule has 104 valence electrons. The first-order valence-electron chi connectivity index (χ1n) is 6.25. The Kier molecular flexibility index (Phi) is 3.93. The molecule has 6 nitrogen and oxygen atoms in total. The summed E-state index contributed by atoms with van der Waals surface area (Å²) in [6.45, 7) is 3.81. The highest BCUT2D eigenvalue weighted by atomic mass is 16.4. The maximum absolute atomic E-state index is 11.1. The van der Waals surface area contributed by atoms with Crippen LogP contribution in [0.5, 0.6) is 0 Å². The summed E-state index contributed by atoms with van der Waals surface area (Å²) in [5, 5.41) is 13.2. The Labute approximate surface area is 116 Å². The van der Waals surface area contributed by atoms with Gasteiger partial charge in [0.05, 0.1) is 17.0 Å². The molecule has 0 aliphatic heterocycles. The zero-order valence-corrected chi connectivity index (χ0v) is 11.6. The van der Waals surface area contributed by atoms with Crippen molar-refractivity contribution in [2.75, 3.05) is 0 Å². The Balaban J connectivity index is 2.34. The van der Waals surface area contributed by atoms with Crippen LogP contribution in [-0.4, -0.2) is 30.8 Å². The SMILES string of the molecule is CC(C)c1nc(C=Cc2ccnn2C)ncc1C(=O)O. The summed E-state index contributed by atoms with van der Waals surface area (Å²) in [4.78, 5) is 19.5. The van der Waals surface area contributed by atoms with Crippen LogP contribution < -0.4 is 0 Å². The highest BCUT2D eigenvalue weighted by molar-refractivity contribution is 5.88. The number of carbonyl (C=O) groups is 1. The summed E-state index contributed by atoms with van der Waals surface area (Å²) in [5.41, 5.74) is 1.61. The standard InChI is InChI=1S/C14H16N4O2/c1-9(2)13-11(14(19)20)8-15-12(17-13)5-4-10-6-7-16-18(10)3/h4-9H,1-3H3,(H,19,20). The van der Waals surface area contributed by atoms with Crippen molar-refractivity contribution >= 4 is 18.1 Å². The molecule has 6 heteroatoms. The molecule has 0 fully saturated rings. The summed E-state index contributed by atoms with van der Waals surface area (Å²) in [5.74, 6) is -0.497. The first kappa shape index (κ1) is 13.9. The quantitative estimate of drug-likeness (QED) is 0.922. The van der Waals surface area contributed by atoms with E-state index < -0.39 is 5.97 Å². The number of hydrogen-bond donors (Lipinski definition) is 1. The predicted octanol–water partition coefficient (Wildman–Crippen LogP) is 2.20. The lowest BCUT2D eigenvalue weighted by Gasteiger charge is -2.08. The molecule has 0 bridgehead atoms. The van der Waals surface area contributed by atoms with Crippen LogP contribution in [-0.2, 0) is 7.05 Å². The molecule has 0 radical (unpaired) electrons. The molecule has 0 atom stereocenters. The van der Waals surface area contributed by atoms with E-state index in [4.69, 9.17) is 5.11 Å². The summed E-state index contributed by atoms with van der Waals surface area (Å²) >= 11 is 0. The molecule has 0 aliphatic carbocycles. The number of carboxylic acids is 1. The van der Waals surface area contributed by atoms with Gasteiger partial charge < -0.3 is 5.11 Å². The van der Waals surface area contributed by atoms with Crippen molar-refractivity contribution in [2.45, 2.75) is 19.8 Å². The number of rotatable bonds is 4. The van der Waals surface area contributed by atoms with E-state index >= 15 is 0 Å². The Morgan fingerprint density at radius 1 is 1.40 bits per heavy atom. The molecule has 0 saturated carbocycles. The summed E-state index contributed by atoms with van der Waals surface area (Å²) in [6.07, 6.45) is 6.64. The van der Waals surface area contributed by atoms with Crippen molar-refractivity contribution < 1.29 is 9.90 Å². The number of carboxylic acid groups (broad SMARTS) is 1. The molecule has 2 aromatic heterocycles.